The lowest BCUT2D eigenvalue weighted by Gasteiger charge is -2.44. The molecule has 0 unspecified atom stereocenters. The summed E-state index contributed by atoms with van der Waals surface area (Å²) in [5.41, 5.74) is 2.46. The highest BCUT2D eigenvalue weighted by molar-refractivity contribution is 6.30. The Balaban J connectivity index is 0.00000102. The second-order valence-corrected chi connectivity index (χ2v) is 7.00. The molecule has 27 heavy (non-hydrogen) atoms. The van der Waals surface area contributed by atoms with Gasteiger partial charge in [0.25, 0.3) is 0 Å². The SMILES string of the molecule is CC.Fc1ccc2c(c1)NC(=NCc1cccc(Cl)c1)C1(CCNCC1)N2. The number of aliphatic imine (C=N–C) groups is 1. The van der Waals surface area contributed by atoms with Crippen molar-refractivity contribution in [2.75, 3.05) is 23.7 Å². The molecule has 0 aliphatic carbocycles. The van der Waals surface area contributed by atoms with Gasteiger partial charge in [-0.25, -0.2) is 4.39 Å². The second kappa shape index (κ2) is 8.72. The van der Waals surface area contributed by atoms with E-state index in [-0.39, 0.29) is 11.4 Å². The number of hydrogen-bond acceptors (Lipinski definition) is 3. The molecule has 4 nitrogen and oxygen atoms in total. The first kappa shape index (κ1) is 19.6. The molecule has 0 atom stereocenters. The van der Waals surface area contributed by atoms with Crippen molar-refractivity contribution in [3.05, 3.63) is 58.9 Å². The molecular formula is C21H26ClFN4. The zero-order valence-electron chi connectivity index (χ0n) is 15.8. The van der Waals surface area contributed by atoms with E-state index in [0.29, 0.717) is 11.6 Å². The molecule has 0 saturated carbocycles. The van der Waals surface area contributed by atoms with Crippen LogP contribution in [-0.2, 0) is 6.54 Å². The largest absolute Gasteiger partial charge is 0.371 e. The van der Waals surface area contributed by atoms with E-state index in [1.165, 1.54) is 12.1 Å². The van der Waals surface area contributed by atoms with Gasteiger partial charge < -0.3 is 16.0 Å². The average molecular weight is 389 g/mol. The normalized spacial score (nSPS) is 18.7. The van der Waals surface area contributed by atoms with Crippen molar-refractivity contribution in [3.63, 3.8) is 0 Å². The van der Waals surface area contributed by atoms with Crippen LogP contribution in [0.1, 0.15) is 32.3 Å². The van der Waals surface area contributed by atoms with Gasteiger partial charge in [-0.15, -0.1) is 0 Å². The number of nitrogens with zero attached hydrogens (tertiary/aromatic N) is 1. The van der Waals surface area contributed by atoms with Crippen LogP contribution in [0.15, 0.2) is 47.5 Å². The number of benzene rings is 2. The summed E-state index contributed by atoms with van der Waals surface area (Å²) in [6, 6.07) is 12.5. The Kier molecular flexibility index (Phi) is 6.34. The molecule has 1 spiro atoms. The maximum atomic E-state index is 13.6. The number of halogens is 2. The highest BCUT2D eigenvalue weighted by atomic mass is 35.5. The number of nitrogens with one attached hydrogen (secondary N) is 3. The van der Waals surface area contributed by atoms with E-state index in [4.69, 9.17) is 16.6 Å². The van der Waals surface area contributed by atoms with Gasteiger partial charge in [-0.3, -0.25) is 4.99 Å². The van der Waals surface area contributed by atoms with Crippen LogP contribution in [-0.4, -0.2) is 24.5 Å². The Morgan fingerprint density at radius 3 is 2.59 bits per heavy atom. The van der Waals surface area contributed by atoms with Crippen molar-refractivity contribution in [2.24, 2.45) is 4.99 Å². The first-order chi connectivity index (χ1) is 13.1. The van der Waals surface area contributed by atoms with Crippen molar-refractivity contribution in [1.29, 1.82) is 0 Å². The van der Waals surface area contributed by atoms with E-state index >= 15 is 0 Å². The van der Waals surface area contributed by atoms with Crippen LogP contribution in [0.25, 0.3) is 0 Å². The summed E-state index contributed by atoms with van der Waals surface area (Å²) in [6.45, 7) is 6.37. The Bertz CT molecular complexity index is 816. The molecule has 0 aromatic heterocycles. The molecule has 2 aliphatic rings. The van der Waals surface area contributed by atoms with Gasteiger partial charge in [0.1, 0.15) is 11.7 Å². The zero-order chi connectivity index (χ0) is 19.3. The minimum absolute atomic E-state index is 0.241. The first-order valence-corrected chi connectivity index (χ1v) is 9.87. The summed E-state index contributed by atoms with van der Waals surface area (Å²) in [4.78, 5) is 4.83. The van der Waals surface area contributed by atoms with E-state index < -0.39 is 0 Å². The molecule has 0 bridgehead atoms. The smallest absolute Gasteiger partial charge is 0.127 e. The number of anilines is 2. The van der Waals surface area contributed by atoms with Crippen LogP contribution in [0, 0.1) is 5.82 Å². The lowest BCUT2D eigenvalue weighted by Crippen LogP contribution is -2.57. The van der Waals surface area contributed by atoms with Gasteiger partial charge in [0, 0.05) is 5.02 Å². The first-order valence-electron chi connectivity index (χ1n) is 9.49. The van der Waals surface area contributed by atoms with Gasteiger partial charge in [0.15, 0.2) is 0 Å². The van der Waals surface area contributed by atoms with Crippen LogP contribution in [0.5, 0.6) is 0 Å². The molecule has 0 radical (unpaired) electrons. The van der Waals surface area contributed by atoms with Crippen LogP contribution in [0.3, 0.4) is 0 Å². The van der Waals surface area contributed by atoms with E-state index in [0.717, 1.165) is 48.7 Å². The third-order valence-electron chi connectivity index (χ3n) is 4.83. The number of piperidine rings is 1. The summed E-state index contributed by atoms with van der Waals surface area (Å²) < 4.78 is 13.6. The van der Waals surface area contributed by atoms with Crippen molar-refractivity contribution in [3.8, 4) is 0 Å². The quantitative estimate of drug-likeness (QED) is 0.673. The van der Waals surface area contributed by atoms with Gasteiger partial charge in [-0.2, -0.15) is 0 Å². The fourth-order valence-corrected chi connectivity index (χ4v) is 3.72. The van der Waals surface area contributed by atoms with E-state index in [2.05, 4.69) is 16.0 Å². The van der Waals surface area contributed by atoms with Crippen molar-refractivity contribution in [2.45, 2.75) is 38.8 Å². The van der Waals surface area contributed by atoms with Crippen LogP contribution < -0.4 is 16.0 Å². The number of fused-ring (bicyclic) bond motifs is 1. The Hall–Kier alpha value is -2.11. The lowest BCUT2D eigenvalue weighted by molar-refractivity contribution is 0.419. The second-order valence-electron chi connectivity index (χ2n) is 6.57. The highest BCUT2D eigenvalue weighted by Gasteiger charge is 2.40. The van der Waals surface area contributed by atoms with E-state index in [1.807, 2.05) is 38.1 Å². The monoisotopic (exact) mass is 388 g/mol. The molecule has 2 aromatic carbocycles. The van der Waals surface area contributed by atoms with Crippen molar-refractivity contribution in [1.82, 2.24) is 5.32 Å². The molecule has 1 saturated heterocycles. The molecule has 6 heteroatoms. The molecule has 1 fully saturated rings. The minimum Gasteiger partial charge on any atom is -0.371 e. The third-order valence-corrected chi connectivity index (χ3v) is 5.06. The predicted octanol–water partition coefficient (Wildman–Crippen LogP) is 5.06. The Labute approximate surface area is 165 Å². The molecule has 2 aliphatic heterocycles. The molecule has 4 rings (SSSR count). The van der Waals surface area contributed by atoms with Crippen molar-refractivity contribution >= 4 is 28.8 Å². The van der Waals surface area contributed by atoms with E-state index in [9.17, 15) is 4.39 Å². The molecule has 2 aromatic rings. The van der Waals surface area contributed by atoms with Crippen LogP contribution in [0.2, 0.25) is 5.02 Å². The summed E-state index contributed by atoms with van der Waals surface area (Å²) in [5, 5.41) is 11.1. The van der Waals surface area contributed by atoms with Gasteiger partial charge in [-0.1, -0.05) is 37.6 Å². The fraction of sp³-hybridized carbons (Fsp3) is 0.381. The van der Waals surface area contributed by atoms with Gasteiger partial charge >= 0.3 is 0 Å². The molecule has 3 N–H and O–H groups in total. The molecular weight excluding hydrogens is 363 g/mol. The summed E-state index contributed by atoms with van der Waals surface area (Å²) in [5.74, 6) is 0.607. The fourth-order valence-electron chi connectivity index (χ4n) is 3.50. The third kappa shape index (κ3) is 4.42. The van der Waals surface area contributed by atoms with Gasteiger partial charge in [0.05, 0.1) is 23.5 Å². The van der Waals surface area contributed by atoms with Crippen LogP contribution in [0.4, 0.5) is 15.8 Å². The summed E-state index contributed by atoms with van der Waals surface area (Å²) >= 11 is 6.07. The Morgan fingerprint density at radius 1 is 1.07 bits per heavy atom. The van der Waals surface area contributed by atoms with Crippen molar-refractivity contribution < 1.29 is 4.39 Å². The minimum atomic E-state index is -0.261. The number of hydrogen-bond donors (Lipinski definition) is 3. The maximum Gasteiger partial charge on any atom is 0.127 e. The number of rotatable bonds is 2. The highest BCUT2D eigenvalue weighted by Crippen LogP contribution is 2.36. The standard InChI is InChI=1S/C19H20ClFN4.C2H6/c20-14-3-1-2-13(10-14)12-23-18-19(6-8-22-9-7-19)25-16-5-4-15(21)11-17(16)24-18;1-2/h1-5,10-11,22,25H,6-9,12H2,(H,23,24);1-2H3. The predicted molar refractivity (Wildman–Crippen MR) is 112 cm³/mol. The zero-order valence-corrected chi connectivity index (χ0v) is 16.5. The average Bonchev–Trinajstić information content (AvgIpc) is 2.69. The molecule has 144 valence electrons. The van der Waals surface area contributed by atoms with E-state index in [1.54, 1.807) is 6.07 Å². The Morgan fingerprint density at radius 2 is 1.85 bits per heavy atom. The topological polar surface area (TPSA) is 48.5 Å². The van der Waals surface area contributed by atoms with Gasteiger partial charge in [0.2, 0.25) is 0 Å². The number of amidine groups is 1. The maximum absolute atomic E-state index is 13.6. The molecule has 2 heterocycles. The van der Waals surface area contributed by atoms with Crippen LogP contribution >= 0.6 is 11.6 Å². The summed E-state index contributed by atoms with van der Waals surface area (Å²) in [7, 11) is 0. The molecule has 0 amide bonds. The summed E-state index contributed by atoms with van der Waals surface area (Å²) in [6.07, 6.45) is 1.84. The van der Waals surface area contributed by atoms with Gasteiger partial charge in [-0.05, 0) is 61.8 Å². The lowest BCUT2D eigenvalue weighted by atomic mass is 9.84.